The van der Waals surface area contributed by atoms with Gasteiger partial charge < -0.3 is 4.74 Å². The number of carbonyl (C=O) groups excluding carboxylic acids is 1. The number of allylic oxidation sites excluding steroid dienone is 1. The molecule has 0 saturated heterocycles. The van der Waals surface area contributed by atoms with Crippen LogP contribution in [0, 0.1) is 0 Å². The van der Waals surface area contributed by atoms with Crippen LogP contribution in [0.5, 0.6) is 0 Å². The lowest BCUT2D eigenvalue weighted by molar-refractivity contribution is 0.101. The molecule has 0 fully saturated rings. The number of benzene rings is 5. The highest BCUT2D eigenvalue weighted by Crippen LogP contribution is 2.46. The highest BCUT2D eigenvalue weighted by Gasteiger charge is 2.47. The highest BCUT2D eigenvalue weighted by molar-refractivity contribution is 6.19. The molecule has 1 aliphatic heterocycles. The van der Waals surface area contributed by atoms with Crippen LogP contribution >= 0.6 is 0 Å². The first-order valence-electron chi connectivity index (χ1n) is 12.6. The number of aliphatic imine (C=N–C) groups is 1. The highest BCUT2D eigenvalue weighted by atomic mass is 16.5. The molecule has 3 heteroatoms. The van der Waals surface area contributed by atoms with Crippen LogP contribution in [-0.2, 0) is 10.3 Å². The van der Waals surface area contributed by atoms with E-state index in [0.717, 1.165) is 22.3 Å². The molecule has 38 heavy (non-hydrogen) atoms. The second kappa shape index (κ2) is 10.2. The van der Waals surface area contributed by atoms with E-state index >= 15 is 0 Å². The molecule has 0 unspecified atom stereocenters. The van der Waals surface area contributed by atoms with Crippen LogP contribution in [-0.4, -0.2) is 11.5 Å². The van der Waals surface area contributed by atoms with Gasteiger partial charge in [0, 0.05) is 27.8 Å². The number of rotatable bonds is 6. The van der Waals surface area contributed by atoms with Gasteiger partial charge in [0.2, 0.25) is 11.4 Å². The number of Topliss-reactive ketones (excluding diaryl/α,β-unsaturated/α-hetero) is 1. The van der Waals surface area contributed by atoms with E-state index in [4.69, 9.17) is 9.73 Å². The van der Waals surface area contributed by atoms with Gasteiger partial charge >= 0.3 is 0 Å². The van der Waals surface area contributed by atoms with Gasteiger partial charge in [-0.25, -0.2) is 4.99 Å². The fourth-order valence-electron chi connectivity index (χ4n) is 4.92. The molecule has 6 rings (SSSR count). The van der Waals surface area contributed by atoms with Gasteiger partial charge in [0.05, 0.1) is 0 Å². The summed E-state index contributed by atoms with van der Waals surface area (Å²) in [5, 5.41) is 0. The molecular formula is C35H25NO2. The zero-order valence-corrected chi connectivity index (χ0v) is 20.7. The third kappa shape index (κ3) is 4.14. The van der Waals surface area contributed by atoms with Crippen molar-refractivity contribution in [3.63, 3.8) is 0 Å². The molecule has 3 nitrogen and oxygen atoms in total. The molecule has 5 aromatic carbocycles. The van der Waals surface area contributed by atoms with Crippen molar-refractivity contribution in [3.05, 3.63) is 185 Å². The molecule has 0 aromatic heterocycles. The van der Waals surface area contributed by atoms with Gasteiger partial charge in [-0.1, -0.05) is 152 Å². The standard InChI is InChI=1S/C35H25NO2/c37-32(26-16-6-1-7-17-26)31-33(27-18-8-2-9-19-27)38-35(29-22-12-4-13-23-29,30-24-14-5-15-25-30)34(36-31)28-20-10-3-11-21-28/h1-25H. The van der Waals surface area contributed by atoms with E-state index in [1.54, 1.807) is 0 Å². The SMILES string of the molecule is O=C(C1=C(c2ccccc2)OC(c2ccccc2)(c2ccccc2)C(c2ccccc2)=N1)c1ccccc1. The first-order valence-corrected chi connectivity index (χ1v) is 12.6. The summed E-state index contributed by atoms with van der Waals surface area (Å²) >= 11 is 0. The Morgan fingerprint density at radius 2 is 0.947 bits per heavy atom. The summed E-state index contributed by atoms with van der Waals surface area (Å²) in [5.74, 6) is 0.263. The Labute approximate surface area is 222 Å². The number of hydrogen-bond donors (Lipinski definition) is 0. The number of ketones is 1. The Balaban J connectivity index is 1.70. The Bertz CT molecular complexity index is 1570. The van der Waals surface area contributed by atoms with E-state index in [9.17, 15) is 4.79 Å². The van der Waals surface area contributed by atoms with Crippen molar-refractivity contribution in [2.45, 2.75) is 5.60 Å². The molecule has 1 aliphatic rings. The molecule has 0 saturated carbocycles. The first kappa shape index (κ1) is 23.4. The van der Waals surface area contributed by atoms with Gasteiger partial charge in [0.15, 0.2) is 11.5 Å². The Kier molecular flexibility index (Phi) is 6.25. The molecule has 0 radical (unpaired) electrons. The molecule has 0 amide bonds. The second-order valence-corrected chi connectivity index (χ2v) is 9.08. The van der Waals surface area contributed by atoms with Gasteiger partial charge in [0.1, 0.15) is 5.71 Å². The smallest absolute Gasteiger partial charge is 0.215 e. The van der Waals surface area contributed by atoms with Crippen LogP contribution in [0.25, 0.3) is 5.76 Å². The summed E-state index contributed by atoms with van der Waals surface area (Å²) in [7, 11) is 0. The summed E-state index contributed by atoms with van der Waals surface area (Å²) in [6, 6.07) is 49.2. The van der Waals surface area contributed by atoms with E-state index in [1.165, 1.54) is 0 Å². The average Bonchev–Trinajstić information content (AvgIpc) is 3.02. The predicted molar refractivity (Wildman–Crippen MR) is 152 cm³/mol. The summed E-state index contributed by atoms with van der Waals surface area (Å²) in [6.07, 6.45) is 0. The Hall–Kier alpha value is -5.02. The summed E-state index contributed by atoms with van der Waals surface area (Å²) in [6.45, 7) is 0. The van der Waals surface area contributed by atoms with E-state index < -0.39 is 5.60 Å². The van der Waals surface area contributed by atoms with E-state index in [-0.39, 0.29) is 11.5 Å². The molecule has 0 spiro atoms. The topological polar surface area (TPSA) is 38.7 Å². The van der Waals surface area contributed by atoms with Crippen molar-refractivity contribution in [2.24, 2.45) is 4.99 Å². The van der Waals surface area contributed by atoms with Gasteiger partial charge in [0.25, 0.3) is 0 Å². The largest absolute Gasteiger partial charge is 0.468 e. The average molecular weight is 492 g/mol. The maximum Gasteiger partial charge on any atom is 0.215 e. The van der Waals surface area contributed by atoms with E-state index in [2.05, 4.69) is 24.3 Å². The van der Waals surface area contributed by atoms with Crippen molar-refractivity contribution in [1.29, 1.82) is 0 Å². The fraction of sp³-hybridized carbons (Fsp3) is 0.0286. The van der Waals surface area contributed by atoms with Crippen molar-refractivity contribution in [1.82, 2.24) is 0 Å². The summed E-state index contributed by atoms with van der Waals surface area (Å²) < 4.78 is 7.18. The number of nitrogens with zero attached hydrogens (tertiary/aromatic N) is 1. The molecule has 1 heterocycles. The summed E-state index contributed by atoms with van der Waals surface area (Å²) in [5.41, 5.74) is 3.93. The zero-order chi connectivity index (χ0) is 25.8. The zero-order valence-electron chi connectivity index (χ0n) is 20.7. The molecule has 0 bridgehead atoms. The van der Waals surface area contributed by atoms with Crippen molar-refractivity contribution >= 4 is 17.3 Å². The van der Waals surface area contributed by atoms with Crippen LogP contribution in [0.3, 0.4) is 0 Å². The molecule has 0 atom stereocenters. The van der Waals surface area contributed by atoms with Crippen LogP contribution < -0.4 is 0 Å². The minimum atomic E-state index is -1.09. The molecule has 182 valence electrons. The first-order chi connectivity index (χ1) is 18.8. The molecular weight excluding hydrogens is 466 g/mol. The van der Waals surface area contributed by atoms with Crippen LogP contribution in [0.15, 0.2) is 162 Å². The third-order valence-corrected chi connectivity index (χ3v) is 6.72. The Morgan fingerprint density at radius 1 is 0.526 bits per heavy atom. The summed E-state index contributed by atoms with van der Waals surface area (Å²) in [4.78, 5) is 19.2. The van der Waals surface area contributed by atoms with Gasteiger partial charge in [-0.3, -0.25) is 4.79 Å². The van der Waals surface area contributed by atoms with Crippen molar-refractivity contribution in [3.8, 4) is 0 Å². The molecule has 0 N–H and O–H groups in total. The minimum absolute atomic E-state index is 0.187. The van der Waals surface area contributed by atoms with Crippen LogP contribution in [0.2, 0.25) is 0 Å². The fourth-order valence-corrected chi connectivity index (χ4v) is 4.92. The monoisotopic (exact) mass is 491 g/mol. The normalized spacial score (nSPS) is 14.4. The van der Waals surface area contributed by atoms with Crippen LogP contribution in [0.4, 0.5) is 0 Å². The number of ether oxygens (including phenoxy) is 1. The quantitative estimate of drug-likeness (QED) is 0.228. The maximum atomic E-state index is 14.0. The van der Waals surface area contributed by atoms with Crippen LogP contribution in [0.1, 0.15) is 32.6 Å². The number of hydrogen-bond acceptors (Lipinski definition) is 3. The van der Waals surface area contributed by atoms with Gasteiger partial charge in [-0.05, 0) is 0 Å². The van der Waals surface area contributed by atoms with Crippen molar-refractivity contribution < 1.29 is 9.53 Å². The van der Waals surface area contributed by atoms with E-state index in [0.29, 0.717) is 17.0 Å². The lowest BCUT2D eigenvalue weighted by Gasteiger charge is -2.40. The maximum absolute atomic E-state index is 14.0. The van der Waals surface area contributed by atoms with E-state index in [1.807, 2.05) is 127 Å². The predicted octanol–water partition coefficient (Wildman–Crippen LogP) is 7.70. The molecule has 5 aromatic rings. The third-order valence-electron chi connectivity index (χ3n) is 6.72. The van der Waals surface area contributed by atoms with Gasteiger partial charge in [-0.2, -0.15) is 0 Å². The van der Waals surface area contributed by atoms with Crippen molar-refractivity contribution in [2.75, 3.05) is 0 Å². The number of carbonyl (C=O) groups is 1. The second-order valence-electron chi connectivity index (χ2n) is 9.08. The Morgan fingerprint density at radius 3 is 1.45 bits per heavy atom. The minimum Gasteiger partial charge on any atom is -0.468 e. The lowest BCUT2D eigenvalue weighted by atomic mass is 9.78. The molecule has 0 aliphatic carbocycles. The lowest BCUT2D eigenvalue weighted by Crippen LogP contribution is -2.43. The van der Waals surface area contributed by atoms with Gasteiger partial charge in [-0.15, -0.1) is 0 Å².